The number of aliphatic hydroxyl groups excluding tert-OH is 1. The zero-order chi connectivity index (χ0) is 24.5. The first-order valence-corrected chi connectivity index (χ1v) is 10.4. The van der Waals surface area contributed by atoms with Gasteiger partial charge in [0.2, 0.25) is 5.82 Å². The molecule has 1 fully saturated rings. The van der Waals surface area contributed by atoms with Crippen LogP contribution in [0.2, 0.25) is 0 Å². The van der Waals surface area contributed by atoms with Crippen LogP contribution >= 0.6 is 0 Å². The summed E-state index contributed by atoms with van der Waals surface area (Å²) in [4.78, 5) is 22.1. The van der Waals surface area contributed by atoms with Gasteiger partial charge >= 0.3 is 0 Å². The van der Waals surface area contributed by atoms with E-state index in [9.17, 15) is 9.18 Å². The predicted octanol–water partition coefficient (Wildman–Crippen LogP) is 0.447. The van der Waals surface area contributed by atoms with Gasteiger partial charge in [0.25, 0.3) is 5.91 Å². The Labute approximate surface area is 195 Å². The number of aryl methyl sites for hydroxylation is 2. The topological polar surface area (TPSA) is 146 Å². The van der Waals surface area contributed by atoms with E-state index in [1.54, 1.807) is 20.0 Å². The van der Waals surface area contributed by atoms with Gasteiger partial charge in [0, 0.05) is 6.54 Å². The van der Waals surface area contributed by atoms with Crippen molar-refractivity contribution in [1.82, 2.24) is 35.5 Å². The van der Waals surface area contributed by atoms with Crippen molar-refractivity contribution in [1.29, 1.82) is 0 Å². The van der Waals surface area contributed by atoms with Crippen molar-refractivity contribution in [3.8, 4) is 17.3 Å². The predicted molar refractivity (Wildman–Crippen MR) is 116 cm³/mol. The van der Waals surface area contributed by atoms with Crippen LogP contribution < -0.4 is 10.1 Å². The number of aromatic nitrogens is 6. The van der Waals surface area contributed by atoms with Crippen LogP contribution in [0.1, 0.15) is 21.9 Å². The smallest absolute Gasteiger partial charge is 0.270 e. The Morgan fingerprint density at radius 3 is 2.76 bits per heavy atom. The van der Waals surface area contributed by atoms with Gasteiger partial charge in [-0.2, -0.15) is 4.80 Å². The molecule has 34 heavy (non-hydrogen) atoms. The third kappa shape index (κ3) is 6.97. The first kappa shape index (κ1) is 25.1. The van der Waals surface area contributed by atoms with Crippen LogP contribution in [0.3, 0.4) is 0 Å². The lowest BCUT2D eigenvalue weighted by Crippen LogP contribution is -2.31. The molecule has 13 heteroatoms. The number of hydrogen-bond acceptors (Lipinski definition) is 10. The van der Waals surface area contributed by atoms with E-state index in [1.165, 1.54) is 30.1 Å². The molecule has 1 amide bonds. The quantitative estimate of drug-likeness (QED) is 0.515. The van der Waals surface area contributed by atoms with Crippen molar-refractivity contribution in [2.45, 2.75) is 19.6 Å². The molecule has 182 valence electrons. The number of aliphatic hydroxyl groups is 1. The summed E-state index contributed by atoms with van der Waals surface area (Å²) in [5.41, 5.74) is 1.27. The maximum absolute atomic E-state index is 13.4. The van der Waals surface area contributed by atoms with E-state index in [-0.39, 0.29) is 30.7 Å². The molecule has 3 heterocycles. The fourth-order valence-electron chi connectivity index (χ4n) is 2.91. The molecule has 12 nitrogen and oxygen atoms in total. The highest BCUT2D eigenvalue weighted by Gasteiger charge is 2.15. The highest BCUT2D eigenvalue weighted by Crippen LogP contribution is 2.18. The summed E-state index contributed by atoms with van der Waals surface area (Å²) in [7, 11) is 3.02. The summed E-state index contributed by atoms with van der Waals surface area (Å²) in [5.74, 6) is -0.0384. The third-order valence-electron chi connectivity index (χ3n) is 4.57. The molecule has 0 spiro atoms. The van der Waals surface area contributed by atoms with Crippen LogP contribution in [0.15, 0.2) is 24.3 Å². The molecule has 1 saturated heterocycles. The molecule has 2 aromatic heterocycles. The molecule has 1 unspecified atom stereocenters. The van der Waals surface area contributed by atoms with E-state index < -0.39 is 11.7 Å². The summed E-state index contributed by atoms with van der Waals surface area (Å²) in [6, 6.07) is 5.87. The highest BCUT2D eigenvalue weighted by molar-refractivity contribution is 5.93. The molecule has 1 atom stereocenters. The minimum atomic E-state index is -0.463. The van der Waals surface area contributed by atoms with Gasteiger partial charge in [-0.05, 0) is 35.9 Å². The van der Waals surface area contributed by atoms with Crippen molar-refractivity contribution < 1.29 is 28.5 Å². The second-order valence-corrected chi connectivity index (χ2v) is 7.19. The first-order chi connectivity index (χ1) is 16.4. The van der Waals surface area contributed by atoms with Crippen LogP contribution in [-0.4, -0.2) is 80.8 Å². The molecule has 1 aliphatic heterocycles. The Kier molecular flexibility index (Phi) is 8.90. The fraction of sp³-hybridized carbons (Fsp3) is 0.429. The molecule has 1 aliphatic rings. The summed E-state index contributed by atoms with van der Waals surface area (Å²) < 4.78 is 28.4. The fourth-order valence-corrected chi connectivity index (χ4v) is 2.91. The van der Waals surface area contributed by atoms with E-state index in [0.717, 1.165) is 0 Å². The number of nitrogens with one attached hydrogen (secondary N) is 1. The van der Waals surface area contributed by atoms with Crippen molar-refractivity contribution in [2.24, 2.45) is 7.05 Å². The number of hydrogen-bond donors (Lipinski definition) is 2. The van der Waals surface area contributed by atoms with Gasteiger partial charge in [0.15, 0.2) is 11.6 Å². The van der Waals surface area contributed by atoms with Crippen molar-refractivity contribution in [3.63, 3.8) is 0 Å². The maximum Gasteiger partial charge on any atom is 0.270 e. The van der Waals surface area contributed by atoms with Crippen molar-refractivity contribution in [3.05, 3.63) is 47.2 Å². The number of nitrogens with zero attached hydrogens (tertiary/aromatic N) is 6. The molecular formula is C21H26FN7O5. The minimum absolute atomic E-state index is 0.0694. The van der Waals surface area contributed by atoms with Gasteiger partial charge in [-0.3, -0.25) is 4.79 Å². The molecule has 0 bridgehead atoms. The zero-order valence-corrected chi connectivity index (χ0v) is 19.1. The minimum Gasteiger partial charge on any atom is -0.494 e. The van der Waals surface area contributed by atoms with Crippen LogP contribution in [0.25, 0.3) is 11.5 Å². The summed E-state index contributed by atoms with van der Waals surface area (Å²) in [6.07, 6.45) is -0.0799. The second-order valence-electron chi connectivity index (χ2n) is 7.19. The van der Waals surface area contributed by atoms with E-state index in [4.69, 9.17) is 19.3 Å². The lowest BCUT2D eigenvalue weighted by atomic mass is 10.2. The maximum atomic E-state index is 13.4. The van der Waals surface area contributed by atoms with E-state index in [0.29, 0.717) is 42.7 Å². The first-order valence-electron chi connectivity index (χ1n) is 10.4. The average molecular weight is 475 g/mol. The number of carbonyl (C=O) groups is 1. The SMILES string of the molecule is COc1cc(CNC(=O)c2cc(-c3nnn(C)n3)nc(C)n2)ccc1F.OCC1COCCO1. The van der Waals surface area contributed by atoms with E-state index in [2.05, 4.69) is 30.7 Å². The number of halogens is 1. The van der Waals surface area contributed by atoms with Crippen LogP contribution in [0.4, 0.5) is 4.39 Å². The summed E-state index contributed by atoms with van der Waals surface area (Å²) in [5, 5.41) is 22.9. The van der Waals surface area contributed by atoms with Crippen LogP contribution in [0.5, 0.6) is 5.75 Å². The van der Waals surface area contributed by atoms with Crippen molar-refractivity contribution >= 4 is 5.91 Å². The Bertz CT molecular complexity index is 1100. The Morgan fingerprint density at radius 1 is 1.32 bits per heavy atom. The summed E-state index contributed by atoms with van der Waals surface area (Å²) in [6.45, 7) is 3.75. The van der Waals surface area contributed by atoms with Gasteiger partial charge < -0.3 is 24.6 Å². The normalized spacial score (nSPS) is 15.3. The average Bonchev–Trinajstić information content (AvgIpc) is 3.30. The molecule has 0 saturated carbocycles. The number of methoxy groups -OCH3 is 1. The Balaban J connectivity index is 0.000000343. The monoisotopic (exact) mass is 475 g/mol. The standard InChI is InChI=1S/C16H16FN7O2.C5H10O3/c1-9-19-12(15-21-23-24(2)22-15)7-13(20-9)16(25)18-8-10-4-5-11(17)14(6-10)26-3;6-3-5-4-7-1-2-8-5/h4-7H,8H2,1-3H3,(H,18,25);5-6H,1-4H2. The second kappa shape index (κ2) is 12.1. The Morgan fingerprint density at radius 2 is 2.15 bits per heavy atom. The lowest BCUT2D eigenvalue weighted by molar-refractivity contribution is -0.105. The number of benzene rings is 1. The van der Waals surface area contributed by atoms with Gasteiger partial charge in [-0.1, -0.05) is 6.07 Å². The number of ether oxygens (including phenoxy) is 3. The number of rotatable bonds is 6. The zero-order valence-electron chi connectivity index (χ0n) is 19.1. The van der Waals surface area contributed by atoms with E-state index >= 15 is 0 Å². The number of carbonyl (C=O) groups excluding carboxylic acids is 1. The number of amides is 1. The van der Waals surface area contributed by atoms with Crippen LogP contribution in [0, 0.1) is 12.7 Å². The Hall–Kier alpha value is -3.55. The van der Waals surface area contributed by atoms with Crippen molar-refractivity contribution in [2.75, 3.05) is 33.5 Å². The highest BCUT2D eigenvalue weighted by atomic mass is 19.1. The lowest BCUT2D eigenvalue weighted by Gasteiger charge is -2.20. The summed E-state index contributed by atoms with van der Waals surface area (Å²) >= 11 is 0. The molecular weight excluding hydrogens is 449 g/mol. The molecule has 0 aliphatic carbocycles. The molecule has 0 radical (unpaired) electrons. The number of tetrazole rings is 1. The van der Waals surface area contributed by atoms with E-state index in [1.807, 2.05) is 0 Å². The largest absolute Gasteiger partial charge is 0.494 e. The van der Waals surface area contributed by atoms with Gasteiger partial charge in [-0.25, -0.2) is 14.4 Å². The molecule has 2 N–H and O–H groups in total. The van der Waals surface area contributed by atoms with Gasteiger partial charge in [0.1, 0.15) is 23.3 Å². The van der Waals surface area contributed by atoms with Crippen LogP contribution in [-0.2, 0) is 23.1 Å². The van der Waals surface area contributed by atoms with Gasteiger partial charge in [-0.15, -0.1) is 10.2 Å². The molecule has 4 rings (SSSR count). The third-order valence-corrected chi connectivity index (χ3v) is 4.57. The molecule has 1 aromatic carbocycles. The molecule has 3 aromatic rings. The van der Waals surface area contributed by atoms with Gasteiger partial charge in [0.05, 0.1) is 40.6 Å².